The van der Waals surface area contributed by atoms with Crippen molar-refractivity contribution in [1.29, 1.82) is 0 Å². The fourth-order valence-corrected chi connectivity index (χ4v) is 3.41. The molecule has 0 spiro atoms. The highest BCUT2D eigenvalue weighted by molar-refractivity contribution is 7.99. The average Bonchev–Trinajstić information content (AvgIpc) is 2.41. The third-order valence-electron chi connectivity index (χ3n) is 3.66. The molecule has 0 saturated heterocycles. The van der Waals surface area contributed by atoms with Gasteiger partial charge in [0.15, 0.2) is 11.6 Å². The van der Waals surface area contributed by atoms with E-state index in [1.54, 1.807) is 0 Å². The molecule has 2 N–H and O–H groups in total. The molecule has 6 heteroatoms. The SMILES string of the molecule is O=C(O)C1CCC(O)(CSc2ccc(F)c(F)c2)CC1. The second kappa shape index (κ2) is 6.10. The molecule has 0 aliphatic heterocycles. The summed E-state index contributed by atoms with van der Waals surface area (Å²) >= 11 is 1.25. The van der Waals surface area contributed by atoms with Crippen LogP contribution in [0, 0.1) is 17.6 Å². The van der Waals surface area contributed by atoms with Crippen LogP contribution in [0.4, 0.5) is 8.78 Å². The van der Waals surface area contributed by atoms with Crippen LogP contribution in [0.15, 0.2) is 23.1 Å². The molecule has 0 radical (unpaired) electrons. The normalized spacial score (nSPS) is 26.4. The summed E-state index contributed by atoms with van der Waals surface area (Å²) in [4.78, 5) is 11.4. The first-order valence-corrected chi connectivity index (χ1v) is 7.41. The van der Waals surface area contributed by atoms with Crippen molar-refractivity contribution in [2.45, 2.75) is 36.2 Å². The summed E-state index contributed by atoms with van der Waals surface area (Å²) in [7, 11) is 0. The predicted molar refractivity (Wildman–Crippen MR) is 71.6 cm³/mol. The maximum Gasteiger partial charge on any atom is 0.306 e. The van der Waals surface area contributed by atoms with Crippen LogP contribution in [0.2, 0.25) is 0 Å². The van der Waals surface area contributed by atoms with E-state index >= 15 is 0 Å². The van der Waals surface area contributed by atoms with E-state index < -0.39 is 23.2 Å². The second-order valence-corrected chi connectivity index (χ2v) is 6.25. The molecule has 2 rings (SSSR count). The van der Waals surface area contributed by atoms with Crippen molar-refractivity contribution >= 4 is 17.7 Å². The number of rotatable bonds is 4. The topological polar surface area (TPSA) is 57.5 Å². The summed E-state index contributed by atoms with van der Waals surface area (Å²) in [6, 6.07) is 3.63. The van der Waals surface area contributed by atoms with E-state index in [0.717, 1.165) is 12.1 Å². The minimum atomic E-state index is -0.929. The highest BCUT2D eigenvalue weighted by atomic mass is 32.2. The Labute approximate surface area is 120 Å². The highest BCUT2D eigenvalue weighted by Gasteiger charge is 2.35. The van der Waals surface area contributed by atoms with E-state index in [0.29, 0.717) is 36.3 Å². The van der Waals surface area contributed by atoms with E-state index in [1.165, 1.54) is 17.8 Å². The molecule has 1 aromatic carbocycles. The second-order valence-electron chi connectivity index (χ2n) is 5.20. The number of aliphatic carboxylic acids is 1. The lowest BCUT2D eigenvalue weighted by atomic mass is 9.80. The van der Waals surface area contributed by atoms with Crippen molar-refractivity contribution in [3.63, 3.8) is 0 Å². The number of hydrogen-bond donors (Lipinski definition) is 2. The zero-order valence-electron chi connectivity index (χ0n) is 10.8. The van der Waals surface area contributed by atoms with Crippen LogP contribution in [0.3, 0.4) is 0 Å². The lowest BCUT2D eigenvalue weighted by molar-refractivity contribution is -0.144. The van der Waals surface area contributed by atoms with Gasteiger partial charge in [0.05, 0.1) is 11.5 Å². The molecule has 0 heterocycles. The third kappa shape index (κ3) is 3.70. The Morgan fingerprint density at radius 1 is 1.30 bits per heavy atom. The Morgan fingerprint density at radius 3 is 2.50 bits per heavy atom. The number of hydrogen-bond acceptors (Lipinski definition) is 3. The molecule has 0 unspecified atom stereocenters. The van der Waals surface area contributed by atoms with Crippen LogP contribution in [-0.4, -0.2) is 27.5 Å². The summed E-state index contributed by atoms with van der Waals surface area (Å²) in [5.74, 6) is -2.65. The van der Waals surface area contributed by atoms with Gasteiger partial charge in [-0.2, -0.15) is 0 Å². The summed E-state index contributed by atoms with van der Waals surface area (Å²) in [6.07, 6.45) is 1.73. The molecule has 0 bridgehead atoms. The average molecular weight is 302 g/mol. The maximum absolute atomic E-state index is 13.1. The van der Waals surface area contributed by atoms with Gasteiger partial charge in [-0.3, -0.25) is 4.79 Å². The van der Waals surface area contributed by atoms with Crippen molar-refractivity contribution in [2.24, 2.45) is 5.92 Å². The van der Waals surface area contributed by atoms with E-state index in [9.17, 15) is 18.7 Å². The Kier molecular flexibility index (Phi) is 4.65. The van der Waals surface area contributed by atoms with Crippen molar-refractivity contribution in [3.8, 4) is 0 Å². The molecule has 0 aromatic heterocycles. The maximum atomic E-state index is 13.1. The van der Waals surface area contributed by atoms with Gasteiger partial charge in [-0.05, 0) is 43.9 Å². The fourth-order valence-electron chi connectivity index (χ4n) is 2.33. The minimum Gasteiger partial charge on any atom is -0.481 e. The van der Waals surface area contributed by atoms with E-state index in [1.807, 2.05) is 0 Å². The zero-order valence-corrected chi connectivity index (χ0v) is 11.6. The number of carbonyl (C=O) groups is 1. The lowest BCUT2D eigenvalue weighted by Crippen LogP contribution is -2.38. The molecule has 3 nitrogen and oxygen atoms in total. The van der Waals surface area contributed by atoms with E-state index in [4.69, 9.17) is 5.11 Å². The van der Waals surface area contributed by atoms with Gasteiger partial charge in [0.1, 0.15) is 0 Å². The van der Waals surface area contributed by atoms with Crippen molar-refractivity contribution < 1.29 is 23.8 Å². The molecular formula is C14H16F2O3S. The lowest BCUT2D eigenvalue weighted by Gasteiger charge is -2.34. The molecule has 1 fully saturated rings. The van der Waals surface area contributed by atoms with Gasteiger partial charge in [0.25, 0.3) is 0 Å². The van der Waals surface area contributed by atoms with Gasteiger partial charge in [-0.1, -0.05) is 0 Å². The van der Waals surface area contributed by atoms with Crippen LogP contribution < -0.4 is 0 Å². The summed E-state index contributed by atoms with van der Waals surface area (Å²) in [5, 5.41) is 19.3. The van der Waals surface area contributed by atoms with Crippen LogP contribution in [0.25, 0.3) is 0 Å². The van der Waals surface area contributed by atoms with Crippen molar-refractivity contribution in [2.75, 3.05) is 5.75 Å². The Hall–Kier alpha value is -1.14. The van der Waals surface area contributed by atoms with Crippen LogP contribution >= 0.6 is 11.8 Å². The number of halogens is 2. The highest BCUT2D eigenvalue weighted by Crippen LogP contribution is 2.36. The van der Waals surface area contributed by atoms with Crippen LogP contribution in [0.5, 0.6) is 0 Å². The first kappa shape index (κ1) is 15.3. The van der Waals surface area contributed by atoms with Crippen molar-refractivity contribution in [3.05, 3.63) is 29.8 Å². The Morgan fingerprint density at radius 2 is 1.95 bits per heavy atom. The first-order valence-electron chi connectivity index (χ1n) is 6.43. The molecule has 20 heavy (non-hydrogen) atoms. The van der Waals surface area contributed by atoms with Gasteiger partial charge in [0, 0.05) is 10.6 Å². The number of carboxylic acids is 1. The quantitative estimate of drug-likeness (QED) is 0.839. The monoisotopic (exact) mass is 302 g/mol. The third-order valence-corrected chi connectivity index (χ3v) is 4.93. The molecule has 0 atom stereocenters. The molecule has 0 amide bonds. The molecule has 1 aromatic rings. The van der Waals surface area contributed by atoms with Crippen molar-refractivity contribution in [1.82, 2.24) is 0 Å². The van der Waals surface area contributed by atoms with Gasteiger partial charge in [0.2, 0.25) is 0 Å². The van der Waals surface area contributed by atoms with E-state index in [-0.39, 0.29) is 5.92 Å². The number of thioether (sulfide) groups is 1. The van der Waals surface area contributed by atoms with Crippen LogP contribution in [-0.2, 0) is 4.79 Å². The molecule has 1 aliphatic rings. The summed E-state index contributed by atoms with van der Waals surface area (Å²) < 4.78 is 25.9. The predicted octanol–water partition coefficient (Wildman–Crippen LogP) is 3.06. The smallest absolute Gasteiger partial charge is 0.306 e. The standard InChI is InChI=1S/C14H16F2O3S/c15-11-2-1-10(7-12(11)16)20-8-14(19)5-3-9(4-6-14)13(17)18/h1-2,7,9,19H,3-6,8H2,(H,17,18). The molecule has 1 saturated carbocycles. The van der Waals surface area contributed by atoms with Gasteiger partial charge in [-0.15, -0.1) is 11.8 Å². The largest absolute Gasteiger partial charge is 0.481 e. The molecular weight excluding hydrogens is 286 g/mol. The number of carboxylic acid groups (broad SMARTS) is 1. The minimum absolute atomic E-state index is 0.352. The Balaban J connectivity index is 1.90. The Bertz CT molecular complexity index is 499. The number of benzene rings is 1. The summed E-state index contributed by atoms with van der Waals surface area (Å²) in [5.41, 5.74) is -0.929. The fraction of sp³-hybridized carbons (Fsp3) is 0.500. The van der Waals surface area contributed by atoms with Gasteiger partial charge < -0.3 is 10.2 Å². The number of aliphatic hydroxyl groups is 1. The van der Waals surface area contributed by atoms with E-state index in [2.05, 4.69) is 0 Å². The zero-order chi connectivity index (χ0) is 14.8. The molecule has 1 aliphatic carbocycles. The van der Waals surface area contributed by atoms with Crippen LogP contribution in [0.1, 0.15) is 25.7 Å². The first-order chi connectivity index (χ1) is 9.39. The van der Waals surface area contributed by atoms with Gasteiger partial charge in [-0.25, -0.2) is 8.78 Å². The van der Waals surface area contributed by atoms with Gasteiger partial charge >= 0.3 is 5.97 Å². The molecule has 110 valence electrons. The summed E-state index contributed by atoms with van der Waals surface area (Å²) in [6.45, 7) is 0.